The molecular formula is C35H60O4. The van der Waals surface area contributed by atoms with Crippen molar-refractivity contribution in [2.75, 3.05) is 6.61 Å². The molecule has 0 spiro atoms. The Hall–Kier alpha value is -1.84. The number of unbranched alkanes of at least 4 members (excludes halogenated alkanes) is 21. The van der Waals surface area contributed by atoms with Gasteiger partial charge in [-0.3, -0.25) is 9.59 Å². The molecule has 0 amide bonds. The van der Waals surface area contributed by atoms with E-state index in [1.54, 1.807) is 18.2 Å². The maximum Gasteiger partial charge on any atom is 0.311 e. The largest absolute Gasteiger partial charge is 0.489 e. The summed E-state index contributed by atoms with van der Waals surface area (Å²) in [7, 11) is 0. The SMILES string of the molecule is CCCCCCCCCCCCCCCCCC(=O)Oc1ccc(OCCCCCCCCCC)c(=O)cc1. The zero-order valence-electron chi connectivity index (χ0n) is 25.6. The van der Waals surface area contributed by atoms with Gasteiger partial charge in [-0.1, -0.05) is 149 Å². The van der Waals surface area contributed by atoms with E-state index in [2.05, 4.69) is 13.8 Å². The Labute approximate surface area is 240 Å². The van der Waals surface area contributed by atoms with Gasteiger partial charge in [-0.25, -0.2) is 0 Å². The van der Waals surface area contributed by atoms with Gasteiger partial charge in [0.1, 0.15) is 5.75 Å². The molecule has 0 N–H and O–H groups in total. The minimum Gasteiger partial charge on any atom is -0.489 e. The molecule has 1 rings (SSSR count). The van der Waals surface area contributed by atoms with Crippen molar-refractivity contribution < 1.29 is 14.3 Å². The molecule has 0 heterocycles. The Bertz CT molecular complexity index is 760. The van der Waals surface area contributed by atoms with Crippen molar-refractivity contribution in [2.45, 2.75) is 168 Å². The maximum absolute atomic E-state index is 12.3. The molecule has 0 bridgehead atoms. The van der Waals surface area contributed by atoms with Crippen LogP contribution in [-0.4, -0.2) is 12.6 Å². The van der Waals surface area contributed by atoms with Crippen LogP contribution in [0.3, 0.4) is 0 Å². The quantitative estimate of drug-likeness (QED) is 0.0816. The number of carbonyl (C=O) groups excluding carboxylic acids is 1. The van der Waals surface area contributed by atoms with Crippen molar-refractivity contribution in [2.24, 2.45) is 0 Å². The first-order chi connectivity index (χ1) is 19.2. The predicted molar refractivity (Wildman–Crippen MR) is 166 cm³/mol. The van der Waals surface area contributed by atoms with Crippen LogP contribution in [0.4, 0.5) is 0 Å². The van der Waals surface area contributed by atoms with Gasteiger partial charge in [0, 0.05) is 6.42 Å². The molecule has 0 fully saturated rings. The van der Waals surface area contributed by atoms with Gasteiger partial charge in [-0.15, -0.1) is 0 Å². The normalized spacial score (nSPS) is 11.0. The minimum atomic E-state index is -0.232. The highest BCUT2D eigenvalue weighted by Gasteiger charge is 2.06. The highest BCUT2D eigenvalue weighted by molar-refractivity contribution is 5.72. The summed E-state index contributed by atoms with van der Waals surface area (Å²) in [5.41, 5.74) is -0.181. The Morgan fingerprint density at radius 1 is 0.538 bits per heavy atom. The van der Waals surface area contributed by atoms with Crippen LogP contribution in [0.15, 0.2) is 29.1 Å². The lowest BCUT2D eigenvalue weighted by molar-refractivity contribution is -0.134. The van der Waals surface area contributed by atoms with Crippen molar-refractivity contribution in [3.8, 4) is 11.5 Å². The predicted octanol–water partition coefficient (Wildman–Crippen LogP) is 10.7. The smallest absolute Gasteiger partial charge is 0.311 e. The molecule has 39 heavy (non-hydrogen) atoms. The molecule has 0 unspecified atom stereocenters. The van der Waals surface area contributed by atoms with Crippen molar-refractivity contribution in [1.82, 2.24) is 0 Å². The van der Waals surface area contributed by atoms with Crippen LogP contribution in [0.5, 0.6) is 11.5 Å². The number of carbonyl (C=O) groups is 1. The van der Waals surface area contributed by atoms with Crippen LogP contribution < -0.4 is 14.9 Å². The average Bonchev–Trinajstić information content (AvgIpc) is 3.10. The molecule has 0 aliphatic heterocycles. The summed E-state index contributed by atoms with van der Waals surface area (Å²) in [6.07, 6.45) is 29.8. The lowest BCUT2D eigenvalue weighted by atomic mass is 10.0. The lowest BCUT2D eigenvalue weighted by Gasteiger charge is -2.04. The molecule has 224 valence electrons. The third-order valence-electron chi connectivity index (χ3n) is 7.51. The molecule has 4 nitrogen and oxygen atoms in total. The lowest BCUT2D eigenvalue weighted by Crippen LogP contribution is -2.07. The van der Waals surface area contributed by atoms with Gasteiger partial charge >= 0.3 is 5.97 Å². The second kappa shape index (κ2) is 26.4. The van der Waals surface area contributed by atoms with Crippen molar-refractivity contribution in [1.29, 1.82) is 0 Å². The number of hydrogen-bond donors (Lipinski definition) is 0. The van der Waals surface area contributed by atoms with Gasteiger partial charge in [0.05, 0.1) is 6.61 Å². The molecule has 0 aliphatic rings. The second-order valence-electron chi connectivity index (χ2n) is 11.3. The molecule has 0 radical (unpaired) electrons. The summed E-state index contributed by atoms with van der Waals surface area (Å²) >= 11 is 0. The van der Waals surface area contributed by atoms with E-state index in [-0.39, 0.29) is 11.4 Å². The van der Waals surface area contributed by atoms with Crippen LogP contribution >= 0.6 is 0 Å². The third-order valence-corrected chi connectivity index (χ3v) is 7.51. The van der Waals surface area contributed by atoms with E-state index < -0.39 is 0 Å². The standard InChI is InChI=1S/C35H60O4/c1-3-5-7-9-11-13-14-15-16-17-18-19-20-22-24-26-35(37)39-32-27-29-33(36)34(30-28-32)38-31-25-23-21-12-10-8-6-4-2/h27-30H,3-26,31H2,1-2H3. The van der Waals surface area contributed by atoms with E-state index in [1.807, 2.05) is 0 Å². The summed E-state index contributed by atoms with van der Waals surface area (Å²) in [4.78, 5) is 24.5. The molecule has 0 saturated carbocycles. The minimum absolute atomic E-state index is 0.181. The first kappa shape index (κ1) is 35.2. The van der Waals surface area contributed by atoms with E-state index >= 15 is 0 Å². The maximum atomic E-state index is 12.3. The number of esters is 1. The zero-order valence-corrected chi connectivity index (χ0v) is 25.6. The molecule has 4 heteroatoms. The topological polar surface area (TPSA) is 52.6 Å². The molecule has 0 saturated heterocycles. The fraction of sp³-hybridized carbons (Fsp3) is 0.771. The highest BCUT2D eigenvalue weighted by Crippen LogP contribution is 2.16. The Morgan fingerprint density at radius 2 is 0.949 bits per heavy atom. The van der Waals surface area contributed by atoms with Crippen LogP contribution in [0.25, 0.3) is 0 Å². The Kier molecular flexibility index (Phi) is 23.8. The summed E-state index contributed by atoms with van der Waals surface area (Å²) < 4.78 is 11.2. The van der Waals surface area contributed by atoms with Crippen LogP contribution in [0.2, 0.25) is 0 Å². The molecule has 0 aromatic heterocycles. The van der Waals surface area contributed by atoms with Gasteiger partial charge in [0.2, 0.25) is 5.43 Å². The van der Waals surface area contributed by atoms with E-state index in [0.29, 0.717) is 24.5 Å². The summed E-state index contributed by atoms with van der Waals surface area (Å²) in [6, 6.07) is 6.29. The van der Waals surface area contributed by atoms with Crippen LogP contribution in [0, 0.1) is 0 Å². The van der Waals surface area contributed by atoms with E-state index in [4.69, 9.17) is 9.47 Å². The van der Waals surface area contributed by atoms with Gasteiger partial charge in [0.15, 0.2) is 5.75 Å². The monoisotopic (exact) mass is 544 g/mol. The first-order valence-corrected chi connectivity index (χ1v) is 16.6. The second-order valence-corrected chi connectivity index (χ2v) is 11.3. The number of ether oxygens (including phenoxy) is 2. The van der Waals surface area contributed by atoms with Crippen LogP contribution in [-0.2, 0) is 4.79 Å². The zero-order chi connectivity index (χ0) is 28.2. The van der Waals surface area contributed by atoms with E-state index in [1.165, 1.54) is 128 Å². The van der Waals surface area contributed by atoms with Gasteiger partial charge in [0.25, 0.3) is 0 Å². The highest BCUT2D eigenvalue weighted by atomic mass is 16.5. The average molecular weight is 545 g/mol. The van der Waals surface area contributed by atoms with E-state index in [9.17, 15) is 9.59 Å². The van der Waals surface area contributed by atoms with Crippen molar-refractivity contribution >= 4 is 5.97 Å². The number of hydrogen-bond acceptors (Lipinski definition) is 4. The molecule has 0 aliphatic carbocycles. The van der Waals surface area contributed by atoms with E-state index in [0.717, 1.165) is 25.7 Å². The molecule has 1 aromatic carbocycles. The first-order valence-electron chi connectivity index (χ1n) is 16.6. The van der Waals surface area contributed by atoms with Crippen molar-refractivity contribution in [3.63, 3.8) is 0 Å². The summed E-state index contributed by atoms with van der Waals surface area (Å²) in [5.74, 6) is 0.493. The summed E-state index contributed by atoms with van der Waals surface area (Å²) in [5, 5.41) is 0. The Morgan fingerprint density at radius 3 is 1.44 bits per heavy atom. The molecule has 1 aromatic rings. The van der Waals surface area contributed by atoms with Crippen LogP contribution in [0.1, 0.15) is 168 Å². The Balaban J connectivity index is 2.06. The fourth-order valence-electron chi connectivity index (χ4n) is 4.96. The van der Waals surface area contributed by atoms with Gasteiger partial charge in [-0.2, -0.15) is 0 Å². The van der Waals surface area contributed by atoms with Crippen molar-refractivity contribution in [3.05, 3.63) is 34.5 Å². The molecule has 0 atom stereocenters. The molecular weight excluding hydrogens is 484 g/mol. The summed E-state index contributed by atoms with van der Waals surface area (Å²) in [6.45, 7) is 5.05. The fourth-order valence-corrected chi connectivity index (χ4v) is 4.96. The third kappa shape index (κ3) is 21.6. The number of rotatable bonds is 27. The van der Waals surface area contributed by atoms with Gasteiger partial charge in [-0.05, 0) is 37.1 Å². The van der Waals surface area contributed by atoms with Gasteiger partial charge < -0.3 is 9.47 Å².